The third-order valence-corrected chi connectivity index (χ3v) is 4.99. The van der Waals surface area contributed by atoms with E-state index < -0.39 is 10.0 Å². The zero-order chi connectivity index (χ0) is 16.3. The highest BCUT2D eigenvalue weighted by Gasteiger charge is 2.18. The quantitative estimate of drug-likeness (QED) is 0.912. The Morgan fingerprint density at radius 1 is 1.17 bits per heavy atom. The molecule has 122 valence electrons. The lowest BCUT2D eigenvalue weighted by Crippen LogP contribution is -2.15. The van der Waals surface area contributed by atoms with Gasteiger partial charge in [0.05, 0.1) is 18.1 Å². The highest BCUT2D eigenvalue weighted by molar-refractivity contribution is 7.92. The molecular weight excluding hydrogens is 314 g/mol. The SMILES string of the molecule is CCOc1ccc(NS(=O)(=O)c2ccc3c(c2)CCCO3)cc1. The molecule has 0 unspecified atom stereocenters. The summed E-state index contributed by atoms with van der Waals surface area (Å²) >= 11 is 0. The first-order valence-corrected chi connectivity index (χ1v) is 9.08. The smallest absolute Gasteiger partial charge is 0.261 e. The molecule has 0 radical (unpaired) electrons. The van der Waals surface area contributed by atoms with Gasteiger partial charge in [0.2, 0.25) is 0 Å². The average Bonchev–Trinajstić information content (AvgIpc) is 2.56. The summed E-state index contributed by atoms with van der Waals surface area (Å²) in [6.45, 7) is 3.15. The van der Waals surface area contributed by atoms with Crippen molar-refractivity contribution < 1.29 is 17.9 Å². The largest absolute Gasteiger partial charge is 0.494 e. The van der Waals surface area contributed by atoms with Crippen LogP contribution in [0.1, 0.15) is 18.9 Å². The fourth-order valence-electron chi connectivity index (χ4n) is 2.50. The lowest BCUT2D eigenvalue weighted by Gasteiger charge is -2.18. The lowest BCUT2D eigenvalue weighted by atomic mass is 10.1. The number of ether oxygens (including phenoxy) is 2. The van der Waals surface area contributed by atoms with Crippen LogP contribution in [0.25, 0.3) is 0 Å². The van der Waals surface area contributed by atoms with E-state index in [2.05, 4.69) is 4.72 Å². The first-order chi connectivity index (χ1) is 11.1. The van der Waals surface area contributed by atoms with Gasteiger partial charge in [0.25, 0.3) is 10.0 Å². The summed E-state index contributed by atoms with van der Waals surface area (Å²) in [6.07, 6.45) is 1.74. The normalized spacial score (nSPS) is 13.8. The molecule has 0 aliphatic carbocycles. The Balaban J connectivity index is 1.81. The van der Waals surface area contributed by atoms with Crippen LogP contribution in [0, 0.1) is 0 Å². The molecule has 1 N–H and O–H groups in total. The molecule has 0 bridgehead atoms. The zero-order valence-electron chi connectivity index (χ0n) is 12.9. The van der Waals surface area contributed by atoms with Gasteiger partial charge in [-0.1, -0.05) is 0 Å². The van der Waals surface area contributed by atoms with E-state index in [1.54, 1.807) is 42.5 Å². The number of hydrogen-bond acceptors (Lipinski definition) is 4. The average molecular weight is 333 g/mol. The summed E-state index contributed by atoms with van der Waals surface area (Å²) in [5.74, 6) is 1.48. The van der Waals surface area contributed by atoms with Gasteiger partial charge in [-0.3, -0.25) is 4.72 Å². The van der Waals surface area contributed by atoms with Crippen LogP contribution in [0.5, 0.6) is 11.5 Å². The second-order valence-electron chi connectivity index (χ2n) is 5.28. The van der Waals surface area contributed by atoms with Gasteiger partial charge in [0.1, 0.15) is 11.5 Å². The fraction of sp³-hybridized carbons (Fsp3) is 0.294. The van der Waals surface area contributed by atoms with E-state index in [9.17, 15) is 8.42 Å². The molecule has 2 aromatic rings. The second-order valence-corrected chi connectivity index (χ2v) is 6.97. The lowest BCUT2D eigenvalue weighted by molar-refractivity contribution is 0.288. The molecule has 2 aromatic carbocycles. The highest BCUT2D eigenvalue weighted by atomic mass is 32.2. The topological polar surface area (TPSA) is 64.6 Å². The summed E-state index contributed by atoms with van der Waals surface area (Å²) in [4.78, 5) is 0.246. The van der Waals surface area contributed by atoms with E-state index in [-0.39, 0.29) is 4.90 Å². The van der Waals surface area contributed by atoms with E-state index in [0.717, 1.165) is 24.2 Å². The molecular formula is C17H19NO4S. The van der Waals surface area contributed by atoms with Gasteiger partial charge in [-0.05, 0) is 67.8 Å². The Hall–Kier alpha value is -2.21. The van der Waals surface area contributed by atoms with Crippen LogP contribution in [-0.2, 0) is 16.4 Å². The number of nitrogens with one attached hydrogen (secondary N) is 1. The molecule has 0 spiro atoms. The Labute approximate surface area is 136 Å². The Bertz CT molecular complexity index is 785. The molecule has 0 atom stereocenters. The van der Waals surface area contributed by atoms with Crippen molar-refractivity contribution in [1.29, 1.82) is 0 Å². The number of rotatable bonds is 5. The van der Waals surface area contributed by atoms with Crippen molar-refractivity contribution in [2.24, 2.45) is 0 Å². The molecule has 1 aliphatic heterocycles. The first-order valence-electron chi connectivity index (χ1n) is 7.60. The minimum Gasteiger partial charge on any atom is -0.494 e. The zero-order valence-corrected chi connectivity index (χ0v) is 13.7. The molecule has 0 aromatic heterocycles. The summed E-state index contributed by atoms with van der Waals surface area (Å²) < 4.78 is 38.5. The Morgan fingerprint density at radius 2 is 1.96 bits per heavy atom. The summed E-state index contributed by atoms with van der Waals surface area (Å²) in [6, 6.07) is 11.8. The van der Waals surface area contributed by atoms with Crippen LogP contribution in [0.15, 0.2) is 47.4 Å². The molecule has 6 heteroatoms. The molecule has 5 nitrogen and oxygen atoms in total. The minimum atomic E-state index is -3.62. The van der Waals surface area contributed by atoms with E-state index in [1.165, 1.54) is 0 Å². The molecule has 1 heterocycles. The number of anilines is 1. The van der Waals surface area contributed by atoms with Crippen LogP contribution in [0.4, 0.5) is 5.69 Å². The van der Waals surface area contributed by atoms with Crippen molar-refractivity contribution in [3.63, 3.8) is 0 Å². The highest BCUT2D eigenvalue weighted by Crippen LogP contribution is 2.28. The summed E-state index contributed by atoms with van der Waals surface area (Å²) in [7, 11) is -3.62. The summed E-state index contributed by atoms with van der Waals surface area (Å²) in [5.41, 5.74) is 1.44. The van der Waals surface area contributed by atoms with E-state index in [4.69, 9.17) is 9.47 Å². The molecule has 23 heavy (non-hydrogen) atoms. The van der Waals surface area contributed by atoms with Gasteiger partial charge >= 0.3 is 0 Å². The monoisotopic (exact) mass is 333 g/mol. The fourth-order valence-corrected chi connectivity index (χ4v) is 3.61. The number of benzene rings is 2. The predicted molar refractivity (Wildman–Crippen MR) is 88.7 cm³/mol. The Kier molecular flexibility index (Phi) is 4.43. The summed E-state index contributed by atoms with van der Waals surface area (Å²) in [5, 5.41) is 0. The van der Waals surface area contributed by atoms with Crippen LogP contribution >= 0.6 is 0 Å². The second kappa shape index (κ2) is 6.50. The molecule has 0 amide bonds. The van der Waals surface area contributed by atoms with Crippen LogP contribution in [-0.4, -0.2) is 21.6 Å². The molecule has 0 saturated carbocycles. The molecule has 3 rings (SSSR count). The molecule has 1 aliphatic rings. The number of sulfonamides is 1. The Morgan fingerprint density at radius 3 is 2.70 bits per heavy atom. The van der Waals surface area contributed by atoms with Crippen LogP contribution < -0.4 is 14.2 Å². The maximum Gasteiger partial charge on any atom is 0.261 e. The van der Waals surface area contributed by atoms with E-state index in [1.807, 2.05) is 6.92 Å². The van der Waals surface area contributed by atoms with Crippen LogP contribution in [0.2, 0.25) is 0 Å². The number of hydrogen-bond donors (Lipinski definition) is 1. The van der Waals surface area contributed by atoms with Crippen molar-refractivity contribution in [1.82, 2.24) is 0 Å². The van der Waals surface area contributed by atoms with Gasteiger partial charge in [-0.2, -0.15) is 0 Å². The van der Waals surface area contributed by atoms with E-state index in [0.29, 0.717) is 24.7 Å². The van der Waals surface area contributed by atoms with Crippen molar-refractivity contribution in [3.05, 3.63) is 48.0 Å². The van der Waals surface area contributed by atoms with Gasteiger partial charge in [0.15, 0.2) is 0 Å². The number of fused-ring (bicyclic) bond motifs is 1. The van der Waals surface area contributed by atoms with Crippen molar-refractivity contribution in [2.75, 3.05) is 17.9 Å². The standard InChI is InChI=1S/C17H19NO4S/c1-2-21-15-7-5-14(6-8-15)18-23(19,20)16-9-10-17-13(12-16)4-3-11-22-17/h5-10,12,18H,2-4,11H2,1H3. The predicted octanol–water partition coefficient (Wildman–Crippen LogP) is 3.21. The van der Waals surface area contributed by atoms with Gasteiger partial charge in [-0.15, -0.1) is 0 Å². The van der Waals surface area contributed by atoms with Gasteiger partial charge in [-0.25, -0.2) is 8.42 Å². The molecule has 0 fully saturated rings. The van der Waals surface area contributed by atoms with Gasteiger partial charge in [0, 0.05) is 5.69 Å². The third kappa shape index (κ3) is 3.59. The van der Waals surface area contributed by atoms with Gasteiger partial charge < -0.3 is 9.47 Å². The molecule has 0 saturated heterocycles. The maximum absolute atomic E-state index is 12.5. The van der Waals surface area contributed by atoms with E-state index >= 15 is 0 Å². The maximum atomic E-state index is 12.5. The van der Waals surface area contributed by atoms with Crippen molar-refractivity contribution in [3.8, 4) is 11.5 Å². The first kappa shape index (κ1) is 15.7. The van der Waals surface area contributed by atoms with Crippen molar-refractivity contribution in [2.45, 2.75) is 24.7 Å². The third-order valence-electron chi connectivity index (χ3n) is 3.61. The van der Waals surface area contributed by atoms with Crippen LogP contribution in [0.3, 0.4) is 0 Å². The van der Waals surface area contributed by atoms with Crippen molar-refractivity contribution >= 4 is 15.7 Å². The minimum absolute atomic E-state index is 0.246. The number of aryl methyl sites for hydroxylation is 1.